The van der Waals surface area contributed by atoms with E-state index >= 15 is 0 Å². The second-order valence-corrected chi connectivity index (χ2v) is 7.90. The van der Waals surface area contributed by atoms with Gasteiger partial charge in [0.1, 0.15) is 17.4 Å². The molecule has 0 aliphatic heterocycles. The number of aromatic nitrogens is 1. The maximum Gasteiger partial charge on any atom is 0.268 e. The monoisotopic (exact) mass is 443 g/mol. The Morgan fingerprint density at radius 2 is 2.03 bits per heavy atom. The smallest absolute Gasteiger partial charge is 0.268 e. The first kappa shape index (κ1) is 20.9. The van der Waals surface area contributed by atoms with Gasteiger partial charge in [-0.15, -0.1) is 11.3 Å². The summed E-state index contributed by atoms with van der Waals surface area (Å²) in [6, 6.07) is 14.2. The number of halogens is 2. The van der Waals surface area contributed by atoms with Crippen molar-refractivity contribution in [1.29, 1.82) is 5.26 Å². The summed E-state index contributed by atoms with van der Waals surface area (Å²) in [5, 5.41) is 13.6. The lowest BCUT2D eigenvalue weighted by Gasteiger charge is -2.03. The summed E-state index contributed by atoms with van der Waals surface area (Å²) in [5.41, 5.74) is 1.57. The lowest BCUT2D eigenvalue weighted by molar-refractivity contribution is -0.112. The van der Waals surface area contributed by atoms with Gasteiger partial charge in [-0.1, -0.05) is 35.3 Å². The summed E-state index contributed by atoms with van der Waals surface area (Å²) < 4.78 is 5.10. The van der Waals surface area contributed by atoms with E-state index in [4.69, 9.17) is 27.9 Å². The fourth-order valence-electron chi connectivity index (χ4n) is 2.49. The highest BCUT2D eigenvalue weighted by molar-refractivity contribution is 7.15. The van der Waals surface area contributed by atoms with E-state index in [-0.39, 0.29) is 5.57 Å². The molecule has 3 rings (SSSR count). The molecule has 0 radical (unpaired) electrons. The number of nitrogens with one attached hydrogen (secondary N) is 1. The first-order chi connectivity index (χ1) is 14.0. The van der Waals surface area contributed by atoms with E-state index in [2.05, 4.69) is 10.3 Å². The standard InChI is InChI=1S/C21H15Cl2N3O2S/c1-28-17-5-2-13(3-6-17)8-15(11-24)20(27)26-21-25-12-18(29-21)10-14-9-16(22)4-7-19(14)23/h2-9,12H,10H2,1H3,(H,25,26,27). The van der Waals surface area contributed by atoms with Gasteiger partial charge in [0.2, 0.25) is 0 Å². The maximum atomic E-state index is 12.4. The van der Waals surface area contributed by atoms with Crippen LogP contribution in [-0.4, -0.2) is 18.0 Å². The molecule has 1 aromatic heterocycles. The molecule has 8 heteroatoms. The van der Waals surface area contributed by atoms with Gasteiger partial charge >= 0.3 is 0 Å². The van der Waals surface area contributed by atoms with Crippen LogP contribution in [0.4, 0.5) is 5.13 Å². The number of rotatable bonds is 6. The molecule has 0 spiro atoms. The van der Waals surface area contributed by atoms with E-state index in [1.165, 1.54) is 17.4 Å². The summed E-state index contributed by atoms with van der Waals surface area (Å²) in [7, 11) is 1.57. The number of anilines is 1. The Bertz CT molecular complexity index is 1100. The molecule has 146 valence electrons. The molecule has 1 N–H and O–H groups in total. The van der Waals surface area contributed by atoms with Crippen molar-refractivity contribution in [3.05, 3.63) is 80.3 Å². The third kappa shape index (κ3) is 5.58. The fraction of sp³-hybridized carbons (Fsp3) is 0.0952. The number of carbonyl (C=O) groups excluding carboxylic acids is 1. The first-order valence-corrected chi connectivity index (χ1v) is 10.0. The zero-order chi connectivity index (χ0) is 20.8. The maximum absolute atomic E-state index is 12.4. The Hall–Kier alpha value is -2.85. The fourth-order valence-corrected chi connectivity index (χ4v) is 3.70. The number of carbonyl (C=O) groups is 1. The van der Waals surface area contributed by atoms with Crippen molar-refractivity contribution < 1.29 is 9.53 Å². The summed E-state index contributed by atoms with van der Waals surface area (Å²) in [6.45, 7) is 0. The summed E-state index contributed by atoms with van der Waals surface area (Å²) >= 11 is 13.5. The zero-order valence-corrected chi connectivity index (χ0v) is 17.6. The lowest BCUT2D eigenvalue weighted by atomic mass is 10.1. The SMILES string of the molecule is COc1ccc(C=C(C#N)C(=O)Nc2ncc(Cc3cc(Cl)ccc3Cl)s2)cc1. The molecule has 0 saturated carbocycles. The van der Waals surface area contributed by atoms with Crippen molar-refractivity contribution in [2.75, 3.05) is 12.4 Å². The van der Waals surface area contributed by atoms with Crippen molar-refractivity contribution in [1.82, 2.24) is 4.98 Å². The Morgan fingerprint density at radius 1 is 1.28 bits per heavy atom. The van der Waals surface area contributed by atoms with Gasteiger partial charge in [-0.3, -0.25) is 10.1 Å². The first-order valence-electron chi connectivity index (χ1n) is 8.44. The topological polar surface area (TPSA) is 75.0 Å². The average Bonchev–Trinajstić information content (AvgIpc) is 3.16. The molecule has 0 unspecified atom stereocenters. The van der Waals surface area contributed by atoms with E-state index < -0.39 is 5.91 Å². The Kier molecular flexibility index (Phi) is 6.89. The van der Waals surface area contributed by atoms with Gasteiger partial charge in [-0.25, -0.2) is 4.98 Å². The number of nitrogens with zero attached hydrogens (tertiary/aromatic N) is 2. The van der Waals surface area contributed by atoms with E-state index in [9.17, 15) is 10.1 Å². The van der Waals surface area contributed by atoms with Gasteiger partial charge in [0.15, 0.2) is 5.13 Å². The van der Waals surface area contributed by atoms with Crippen molar-refractivity contribution in [2.45, 2.75) is 6.42 Å². The number of thiazole rings is 1. The van der Waals surface area contributed by atoms with Crippen LogP contribution in [0.3, 0.4) is 0 Å². The van der Waals surface area contributed by atoms with Crippen LogP contribution in [0, 0.1) is 11.3 Å². The highest BCUT2D eigenvalue weighted by Gasteiger charge is 2.13. The lowest BCUT2D eigenvalue weighted by Crippen LogP contribution is -2.13. The molecule has 3 aromatic rings. The highest BCUT2D eigenvalue weighted by atomic mass is 35.5. The van der Waals surface area contributed by atoms with E-state index in [0.29, 0.717) is 32.9 Å². The Balaban J connectivity index is 1.70. The number of hydrogen-bond donors (Lipinski definition) is 1. The van der Waals surface area contributed by atoms with Gasteiger partial charge in [-0.05, 0) is 47.5 Å². The predicted octanol–water partition coefficient (Wildman–Crippen LogP) is 5.59. The molecule has 2 aromatic carbocycles. The van der Waals surface area contributed by atoms with Crippen molar-refractivity contribution in [3.63, 3.8) is 0 Å². The minimum absolute atomic E-state index is 0.0233. The number of methoxy groups -OCH3 is 1. The van der Waals surface area contributed by atoms with Crippen LogP contribution in [0.1, 0.15) is 16.0 Å². The molecule has 1 amide bonds. The van der Waals surface area contributed by atoms with Crippen LogP contribution in [-0.2, 0) is 11.2 Å². The minimum atomic E-state index is -0.523. The molecule has 29 heavy (non-hydrogen) atoms. The normalized spacial score (nSPS) is 11.0. The van der Waals surface area contributed by atoms with Gasteiger partial charge < -0.3 is 4.74 Å². The van der Waals surface area contributed by atoms with Gasteiger partial charge in [0.05, 0.1) is 7.11 Å². The molecule has 1 heterocycles. The quantitative estimate of drug-likeness (QED) is 0.397. The number of ether oxygens (including phenoxy) is 1. The molecule has 0 aliphatic rings. The van der Waals surface area contributed by atoms with Crippen LogP contribution in [0.15, 0.2) is 54.2 Å². The third-order valence-electron chi connectivity index (χ3n) is 3.94. The molecule has 0 atom stereocenters. The molecule has 5 nitrogen and oxygen atoms in total. The van der Waals surface area contributed by atoms with Crippen molar-refractivity contribution in [3.8, 4) is 11.8 Å². The predicted molar refractivity (Wildman–Crippen MR) is 117 cm³/mol. The molecule has 0 fully saturated rings. The van der Waals surface area contributed by atoms with Crippen LogP contribution < -0.4 is 10.1 Å². The summed E-state index contributed by atoms with van der Waals surface area (Å²) in [6.07, 6.45) is 3.71. The van der Waals surface area contributed by atoms with Gasteiger partial charge in [0.25, 0.3) is 5.91 Å². The highest BCUT2D eigenvalue weighted by Crippen LogP contribution is 2.27. The van der Waals surface area contributed by atoms with Crippen LogP contribution >= 0.6 is 34.5 Å². The van der Waals surface area contributed by atoms with Crippen LogP contribution in [0.5, 0.6) is 5.75 Å². The number of benzene rings is 2. The molecule has 0 aliphatic carbocycles. The minimum Gasteiger partial charge on any atom is -0.497 e. The molecule has 0 bridgehead atoms. The van der Waals surface area contributed by atoms with Crippen molar-refractivity contribution >= 4 is 51.7 Å². The second-order valence-electron chi connectivity index (χ2n) is 5.94. The second kappa shape index (κ2) is 9.57. The van der Waals surface area contributed by atoms with Crippen LogP contribution in [0.2, 0.25) is 10.0 Å². The molecule has 0 saturated heterocycles. The Labute approximate surface area is 182 Å². The van der Waals surface area contributed by atoms with E-state index in [1.54, 1.807) is 55.8 Å². The Morgan fingerprint density at radius 3 is 2.72 bits per heavy atom. The van der Waals surface area contributed by atoms with E-state index in [0.717, 1.165) is 10.4 Å². The van der Waals surface area contributed by atoms with Gasteiger partial charge in [0, 0.05) is 27.5 Å². The van der Waals surface area contributed by atoms with Crippen LogP contribution in [0.25, 0.3) is 6.08 Å². The summed E-state index contributed by atoms with van der Waals surface area (Å²) in [4.78, 5) is 17.6. The number of amides is 1. The number of nitriles is 1. The van der Waals surface area contributed by atoms with Gasteiger partial charge in [-0.2, -0.15) is 5.26 Å². The number of hydrogen-bond acceptors (Lipinski definition) is 5. The van der Waals surface area contributed by atoms with E-state index in [1.807, 2.05) is 6.07 Å². The van der Waals surface area contributed by atoms with Crippen molar-refractivity contribution in [2.24, 2.45) is 0 Å². The molecular weight excluding hydrogens is 429 g/mol. The molecular formula is C21H15Cl2N3O2S. The summed E-state index contributed by atoms with van der Waals surface area (Å²) in [5.74, 6) is 0.172. The zero-order valence-electron chi connectivity index (χ0n) is 15.3. The largest absolute Gasteiger partial charge is 0.497 e. The third-order valence-corrected chi connectivity index (χ3v) is 5.45. The average molecular weight is 444 g/mol.